The summed E-state index contributed by atoms with van der Waals surface area (Å²) in [7, 11) is 1.41. The van der Waals surface area contributed by atoms with Crippen molar-refractivity contribution in [3.8, 4) is 0 Å². The van der Waals surface area contributed by atoms with Crippen molar-refractivity contribution in [2.75, 3.05) is 11.9 Å². The fourth-order valence-corrected chi connectivity index (χ4v) is 1.52. The largest absolute Gasteiger partial charge is 0.307 e. The lowest BCUT2D eigenvalue weighted by atomic mass is 10.2. The number of amides is 1. The Balaban J connectivity index is 2.31. The molecule has 0 unspecified atom stereocenters. The number of aromatic nitrogens is 1. The third kappa shape index (κ3) is 2.34. The third-order valence-electron chi connectivity index (χ3n) is 2.46. The fraction of sp³-hybridized carbons (Fsp3) is 0.0769. The molecule has 0 saturated carbocycles. The van der Waals surface area contributed by atoms with Crippen LogP contribution < -0.4 is 4.90 Å². The van der Waals surface area contributed by atoms with Gasteiger partial charge >= 0.3 is 0 Å². The Labute approximate surface area is 103 Å². The van der Waals surface area contributed by atoms with E-state index in [1.807, 2.05) is 0 Å². The van der Waals surface area contributed by atoms with Crippen LogP contribution in [0.15, 0.2) is 42.6 Å². The van der Waals surface area contributed by atoms with Crippen molar-refractivity contribution in [3.05, 3.63) is 59.9 Å². The second-order valence-corrected chi connectivity index (χ2v) is 3.67. The minimum Gasteiger partial charge on any atom is -0.307 e. The lowest BCUT2D eigenvalue weighted by Gasteiger charge is -2.17. The van der Waals surface area contributed by atoms with Gasteiger partial charge in [0.25, 0.3) is 5.91 Å². The molecule has 0 fully saturated rings. The summed E-state index contributed by atoms with van der Waals surface area (Å²) in [5.74, 6) is -1.93. The van der Waals surface area contributed by atoms with Gasteiger partial charge in [0, 0.05) is 19.3 Å². The Bertz CT molecular complexity index is 572. The quantitative estimate of drug-likeness (QED) is 0.818. The number of carbonyl (C=O) groups excluding carboxylic acids is 1. The van der Waals surface area contributed by atoms with Crippen molar-refractivity contribution in [2.24, 2.45) is 0 Å². The van der Waals surface area contributed by atoms with Crippen LogP contribution in [0.4, 0.5) is 14.5 Å². The van der Waals surface area contributed by atoms with E-state index < -0.39 is 17.5 Å². The zero-order chi connectivity index (χ0) is 13.1. The molecule has 0 aliphatic carbocycles. The summed E-state index contributed by atoms with van der Waals surface area (Å²) < 4.78 is 26.3. The highest BCUT2D eigenvalue weighted by molar-refractivity contribution is 6.04. The van der Waals surface area contributed by atoms with Gasteiger partial charge in [-0.05, 0) is 24.3 Å². The Hall–Kier alpha value is -2.30. The number of pyridine rings is 1. The van der Waals surface area contributed by atoms with Gasteiger partial charge < -0.3 is 4.90 Å². The molecule has 1 amide bonds. The van der Waals surface area contributed by atoms with E-state index in [2.05, 4.69) is 4.98 Å². The first-order valence-electron chi connectivity index (χ1n) is 5.24. The normalized spacial score (nSPS) is 10.2. The van der Waals surface area contributed by atoms with Crippen LogP contribution in [-0.2, 0) is 0 Å². The molecular formula is C13H10F2N2O. The molecule has 18 heavy (non-hydrogen) atoms. The average molecular weight is 248 g/mol. The van der Waals surface area contributed by atoms with E-state index in [0.717, 1.165) is 17.0 Å². The van der Waals surface area contributed by atoms with Crippen molar-refractivity contribution < 1.29 is 13.6 Å². The van der Waals surface area contributed by atoms with E-state index in [9.17, 15) is 13.6 Å². The van der Waals surface area contributed by atoms with Gasteiger partial charge in [-0.3, -0.25) is 9.78 Å². The lowest BCUT2D eigenvalue weighted by Crippen LogP contribution is -2.27. The Morgan fingerprint density at radius 2 is 2.00 bits per heavy atom. The monoisotopic (exact) mass is 248 g/mol. The first-order valence-corrected chi connectivity index (χ1v) is 5.24. The molecule has 2 rings (SSSR count). The molecule has 3 nitrogen and oxygen atoms in total. The number of anilines is 1. The Kier molecular flexibility index (Phi) is 3.32. The molecule has 5 heteroatoms. The standard InChI is InChI=1S/C13H10F2N2O/c1-17(12-6-5-9(14)8-10(12)15)13(18)11-4-2-3-7-16-11/h2-8H,1H3. The van der Waals surface area contributed by atoms with Crippen LogP contribution in [0.5, 0.6) is 0 Å². The van der Waals surface area contributed by atoms with Crippen LogP contribution in [0.1, 0.15) is 10.5 Å². The van der Waals surface area contributed by atoms with E-state index in [1.165, 1.54) is 25.4 Å². The summed E-state index contributed by atoms with van der Waals surface area (Å²) in [6, 6.07) is 7.91. The first kappa shape index (κ1) is 12.2. The number of rotatable bonds is 2. The van der Waals surface area contributed by atoms with Crippen molar-refractivity contribution in [1.82, 2.24) is 4.98 Å². The molecule has 2 aromatic rings. The van der Waals surface area contributed by atoms with Gasteiger partial charge in [-0.1, -0.05) is 6.07 Å². The van der Waals surface area contributed by atoms with Crippen molar-refractivity contribution >= 4 is 11.6 Å². The zero-order valence-corrected chi connectivity index (χ0v) is 9.60. The van der Waals surface area contributed by atoms with Crippen LogP contribution in [0.2, 0.25) is 0 Å². The summed E-state index contributed by atoms with van der Waals surface area (Å²) in [4.78, 5) is 17.0. The average Bonchev–Trinajstić information content (AvgIpc) is 2.38. The number of hydrogen-bond acceptors (Lipinski definition) is 2. The van der Waals surface area contributed by atoms with Gasteiger partial charge in [0.1, 0.15) is 17.3 Å². The number of halogens is 2. The van der Waals surface area contributed by atoms with Gasteiger partial charge in [-0.15, -0.1) is 0 Å². The van der Waals surface area contributed by atoms with E-state index in [0.29, 0.717) is 0 Å². The molecule has 0 aliphatic heterocycles. The molecule has 0 saturated heterocycles. The van der Waals surface area contributed by atoms with Crippen molar-refractivity contribution in [2.45, 2.75) is 0 Å². The number of nitrogens with zero attached hydrogens (tertiary/aromatic N) is 2. The Morgan fingerprint density at radius 1 is 1.22 bits per heavy atom. The van der Waals surface area contributed by atoms with Crippen LogP contribution in [0.25, 0.3) is 0 Å². The minimum absolute atomic E-state index is 0.00653. The van der Waals surface area contributed by atoms with E-state index >= 15 is 0 Å². The van der Waals surface area contributed by atoms with Crippen molar-refractivity contribution in [3.63, 3.8) is 0 Å². The smallest absolute Gasteiger partial charge is 0.276 e. The maximum Gasteiger partial charge on any atom is 0.276 e. The van der Waals surface area contributed by atoms with Crippen LogP contribution >= 0.6 is 0 Å². The summed E-state index contributed by atoms with van der Waals surface area (Å²) in [5.41, 5.74) is 0.204. The minimum atomic E-state index is -0.790. The maximum atomic E-state index is 13.5. The zero-order valence-electron chi connectivity index (χ0n) is 9.60. The molecular weight excluding hydrogens is 238 g/mol. The molecule has 1 aromatic carbocycles. The molecule has 0 bridgehead atoms. The maximum absolute atomic E-state index is 13.5. The highest BCUT2D eigenvalue weighted by atomic mass is 19.1. The SMILES string of the molecule is CN(C(=O)c1ccccn1)c1ccc(F)cc1F. The fourth-order valence-electron chi connectivity index (χ4n) is 1.52. The summed E-state index contributed by atoms with van der Waals surface area (Å²) in [6.07, 6.45) is 1.47. The van der Waals surface area contributed by atoms with Gasteiger partial charge in [-0.2, -0.15) is 0 Å². The van der Waals surface area contributed by atoms with E-state index in [-0.39, 0.29) is 11.4 Å². The topological polar surface area (TPSA) is 33.2 Å². The van der Waals surface area contributed by atoms with Crippen LogP contribution in [0, 0.1) is 11.6 Å². The second kappa shape index (κ2) is 4.91. The van der Waals surface area contributed by atoms with Gasteiger partial charge in [0.05, 0.1) is 5.69 Å². The van der Waals surface area contributed by atoms with Crippen molar-refractivity contribution in [1.29, 1.82) is 0 Å². The predicted molar refractivity (Wildman–Crippen MR) is 63.3 cm³/mol. The first-order chi connectivity index (χ1) is 8.59. The molecule has 0 N–H and O–H groups in total. The highest BCUT2D eigenvalue weighted by Crippen LogP contribution is 2.20. The third-order valence-corrected chi connectivity index (χ3v) is 2.46. The molecule has 1 heterocycles. The summed E-state index contributed by atoms with van der Waals surface area (Å²) in [6.45, 7) is 0. The summed E-state index contributed by atoms with van der Waals surface area (Å²) in [5, 5.41) is 0. The number of benzene rings is 1. The molecule has 92 valence electrons. The molecule has 0 aliphatic rings. The van der Waals surface area contributed by atoms with Crippen LogP contribution in [-0.4, -0.2) is 17.9 Å². The Morgan fingerprint density at radius 3 is 2.61 bits per heavy atom. The molecule has 0 spiro atoms. The van der Waals surface area contributed by atoms with Gasteiger partial charge in [0.15, 0.2) is 0 Å². The number of hydrogen-bond donors (Lipinski definition) is 0. The van der Waals surface area contributed by atoms with Crippen LogP contribution in [0.3, 0.4) is 0 Å². The van der Waals surface area contributed by atoms with Gasteiger partial charge in [0.2, 0.25) is 0 Å². The molecule has 0 radical (unpaired) electrons. The number of carbonyl (C=O) groups is 1. The lowest BCUT2D eigenvalue weighted by molar-refractivity contribution is 0.0987. The van der Waals surface area contributed by atoms with Gasteiger partial charge in [-0.25, -0.2) is 8.78 Å². The molecule has 1 aromatic heterocycles. The van der Waals surface area contributed by atoms with E-state index in [4.69, 9.17) is 0 Å². The predicted octanol–water partition coefficient (Wildman–Crippen LogP) is 2.64. The second-order valence-electron chi connectivity index (χ2n) is 3.67. The summed E-state index contributed by atoms with van der Waals surface area (Å²) >= 11 is 0. The van der Waals surface area contributed by atoms with E-state index in [1.54, 1.807) is 12.1 Å². The highest BCUT2D eigenvalue weighted by Gasteiger charge is 2.17. The molecule has 0 atom stereocenters.